The number of anilines is 1. The van der Waals surface area contributed by atoms with Crippen molar-refractivity contribution in [3.63, 3.8) is 0 Å². The van der Waals surface area contributed by atoms with Crippen molar-refractivity contribution < 1.29 is 13.2 Å². The topological polar surface area (TPSA) is 64.4 Å². The fraction of sp³-hybridized carbons (Fsp3) is 0.400. The van der Waals surface area contributed by atoms with Gasteiger partial charge in [0.2, 0.25) is 0 Å². The van der Waals surface area contributed by atoms with E-state index in [9.17, 15) is 8.42 Å². The molecule has 0 bridgehead atoms. The zero-order chi connectivity index (χ0) is 22.3. The number of hydrogen-bond acceptors (Lipinski definition) is 5. The molecule has 7 heteroatoms. The summed E-state index contributed by atoms with van der Waals surface area (Å²) in [5.41, 5.74) is 4.34. The van der Waals surface area contributed by atoms with Crippen molar-refractivity contribution in [2.75, 3.05) is 23.5 Å². The summed E-state index contributed by atoms with van der Waals surface area (Å²) in [4.78, 5) is 2.32. The fourth-order valence-corrected chi connectivity index (χ4v) is 6.49. The van der Waals surface area contributed by atoms with E-state index in [0.717, 1.165) is 41.9 Å². The zero-order valence-electron chi connectivity index (χ0n) is 18.6. The minimum absolute atomic E-state index is 0.106. The van der Waals surface area contributed by atoms with Crippen LogP contribution in [0.15, 0.2) is 54.9 Å². The van der Waals surface area contributed by atoms with Crippen LogP contribution < -0.4 is 9.64 Å². The van der Waals surface area contributed by atoms with Crippen molar-refractivity contribution in [2.24, 2.45) is 0 Å². The molecule has 1 unspecified atom stereocenters. The molecule has 0 N–H and O–H groups in total. The van der Waals surface area contributed by atoms with Crippen LogP contribution in [0.1, 0.15) is 37.8 Å². The predicted molar refractivity (Wildman–Crippen MR) is 127 cm³/mol. The molecule has 0 radical (unpaired) electrons. The Morgan fingerprint density at radius 1 is 1.09 bits per heavy atom. The highest BCUT2D eigenvalue weighted by Crippen LogP contribution is 2.44. The van der Waals surface area contributed by atoms with Gasteiger partial charge in [-0.1, -0.05) is 18.2 Å². The summed E-state index contributed by atoms with van der Waals surface area (Å²) in [5.74, 6) is 2.11. The first-order chi connectivity index (χ1) is 15.4. The third-order valence-corrected chi connectivity index (χ3v) is 8.58. The molecule has 1 saturated heterocycles. The normalized spacial score (nSPS) is 22.4. The van der Waals surface area contributed by atoms with Gasteiger partial charge in [-0.2, -0.15) is 5.10 Å². The highest BCUT2D eigenvalue weighted by atomic mass is 32.2. The Morgan fingerprint density at radius 3 is 2.69 bits per heavy atom. The molecule has 3 heterocycles. The van der Waals surface area contributed by atoms with Gasteiger partial charge in [0.25, 0.3) is 0 Å². The number of sulfone groups is 1. The average molecular weight is 452 g/mol. The van der Waals surface area contributed by atoms with Crippen molar-refractivity contribution in [1.29, 1.82) is 0 Å². The lowest BCUT2D eigenvalue weighted by Crippen LogP contribution is -2.33. The van der Waals surface area contributed by atoms with Gasteiger partial charge >= 0.3 is 0 Å². The van der Waals surface area contributed by atoms with E-state index >= 15 is 0 Å². The number of ether oxygens (including phenoxy) is 1. The molecule has 2 aliphatic heterocycles. The first-order valence-electron chi connectivity index (χ1n) is 11.3. The van der Waals surface area contributed by atoms with E-state index in [-0.39, 0.29) is 17.5 Å². The minimum Gasteiger partial charge on any atom is -0.456 e. The monoisotopic (exact) mass is 451 g/mol. The van der Waals surface area contributed by atoms with E-state index in [1.807, 2.05) is 47.4 Å². The van der Waals surface area contributed by atoms with Gasteiger partial charge in [-0.05, 0) is 56.9 Å². The maximum Gasteiger partial charge on any atom is 0.152 e. The van der Waals surface area contributed by atoms with Gasteiger partial charge < -0.3 is 9.64 Å². The Hall–Kier alpha value is -2.80. The molecule has 168 valence electrons. The minimum atomic E-state index is -3.00. The molecule has 1 fully saturated rings. The fourth-order valence-electron chi connectivity index (χ4n) is 4.81. The smallest absolute Gasteiger partial charge is 0.152 e. The summed E-state index contributed by atoms with van der Waals surface area (Å²) in [7, 11) is -0.864. The van der Waals surface area contributed by atoms with E-state index in [0.29, 0.717) is 12.5 Å². The molecular formula is C25H29N3O3S. The molecule has 2 aromatic carbocycles. The Kier molecular flexibility index (Phi) is 5.45. The molecule has 0 aliphatic carbocycles. The number of nitrogens with zero attached hydrogens (tertiary/aromatic N) is 3. The van der Waals surface area contributed by atoms with Crippen molar-refractivity contribution >= 4 is 15.5 Å². The second-order valence-electron chi connectivity index (χ2n) is 8.97. The molecule has 0 spiro atoms. The molecule has 0 saturated carbocycles. The lowest BCUT2D eigenvalue weighted by Gasteiger charge is -2.35. The first-order valence-corrected chi connectivity index (χ1v) is 13.1. The first kappa shape index (κ1) is 21.1. The molecule has 3 aromatic rings. The Morgan fingerprint density at radius 2 is 1.91 bits per heavy atom. The van der Waals surface area contributed by atoms with Gasteiger partial charge in [-0.15, -0.1) is 0 Å². The number of rotatable bonds is 4. The lowest BCUT2D eigenvalue weighted by atomic mass is 9.93. The summed E-state index contributed by atoms with van der Waals surface area (Å²) >= 11 is 0. The Bertz CT molecular complexity index is 1220. The van der Waals surface area contributed by atoms with Crippen molar-refractivity contribution in [3.05, 3.63) is 60.4 Å². The number of aromatic nitrogens is 2. The van der Waals surface area contributed by atoms with Crippen LogP contribution in [0.25, 0.3) is 11.1 Å². The van der Waals surface area contributed by atoms with Gasteiger partial charge in [0.05, 0.1) is 23.7 Å². The largest absolute Gasteiger partial charge is 0.456 e. The predicted octanol–water partition coefficient (Wildman–Crippen LogP) is 4.86. The van der Waals surface area contributed by atoms with Gasteiger partial charge in [0.1, 0.15) is 11.5 Å². The average Bonchev–Trinajstić information content (AvgIpc) is 3.27. The highest BCUT2D eigenvalue weighted by Gasteiger charge is 2.28. The maximum absolute atomic E-state index is 12.1. The zero-order valence-corrected chi connectivity index (χ0v) is 19.4. The van der Waals surface area contributed by atoms with Crippen LogP contribution in [0.3, 0.4) is 0 Å². The highest BCUT2D eigenvalue weighted by molar-refractivity contribution is 7.91. The summed E-state index contributed by atoms with van der Waals surface area (Å²) < 4.78 is 32.5. The number of benzene rings is 2. The second kappa shape index (κ2) is 8.28. The molecule has 5 rings (SSSR count). The third-order valence-electron chi connectivity index (χ3n) is 6.78. The van der Waals surface area contributed by atoms with E-state index in [4.69, 9.17) is 4.74 Å². The standard InChI is InChI=1S/C25H29N3O3S/c1-18-10-11-23-24(27(18)2)13-12-22(25(23)31-21-8-4-3-5-9-21)19-15-26-28(16-19)20-7-6-14-32(29,30)17-20/h3-5,8-9,12-13,15-16,18,20H,6-7,10-11,14,17H2,1-2H3/t18-,20?/m0/s1. The molecule has 32 heavy (non-hydrogen) atoms. The van der Waals surface area contributed by atoms with Gasteiger partial charge in [0.15, 0.2) is 9.84 Å². The Balaban J connectivity index is 1.56. The van der Waals surface area contributed by atoms with Crippen LogP contribution in [0, 0.1) is 0 Å². The van der Waals surface area contributed by atoms with Crippen LogP contribution in [0.4, 0.5) is 5.69 Å². The number of hydrogen-bond donors (Lipinski definition) is 0. The molecule has 2 atom stereocenters. The second-order valence-corrected chi connectivity index (χ2v) is 11.2. The summed E-state index contributed by atoms with van der Waals surface area (Å²) in [6.45, 7) is 2.25. The Labute approximate surface area is 189 Å². The lowest BCUT2D eigenvalue weighted by molar-refractivity contribution is 0.435. The molecule has 2 aliphatic rings. The van der Waals surface area contributed by atoms with E-state index < -0.39 is 9.84 Å². The summed E-state index contributed by atoms with van der Waals surface area (Å²) in [6.07, 6.45) is 7.34. The van der Waals surface area contributed by atoms with Crippen LogP contribution >= 0.6 is 0 Å². The van der Waals surface area contributed by atoms with Crippen molar-refractivity contribution in [2.45, 2.75) is 44.7 Å². The van der Waals surface area contributed by atoms with Crippen molar-refractivity contribution in [1.82, 2.24) is 9.78 Å². The number of fused-ring (bicyclic) bond motifs is 1. The molecule has 6 nitrogen and oxygen atoms in total. The van der Waals surface area contributed by atoms with E-state index in [1.165, 1.54) is 11.3 Å². The van der Waals surface area contributed by atoms with Crippen LogP contribution in [0.5, 0.6) is 11.5 Å². The van der Waals surface area contributed by atoms with Crippen LogP contribution in [0.2, 0.25) is 0 Å². The summed E-state index contributed by atoms with van der Waals surface area (Å²) in [5, 5.41) is 4.56. The maximum atomic E-state index is 12.1. The van der Waals surface area contributed by atoms with Gasteiger partial charge in [0, 0.05) is 41.7 Å². The van der Waals surface area contributed by atoms with Crippen LogP contribution in [-0.2, 0) is 16.3 Å². The SMILES string of the molecule is C[C@H]1CCc2c(ccc(-c3cnn(C4CCCS(=O)(=O)C4)c3)c2Oc2ccccc2)N1C. The third kappa shape index (κ3) is 4.01. The van der Waals surface area contributed by atoms with Crippen LogP contribution in [-0.4, -0.2) is 42.8 Å². The number of para-hydroxylation sites is 1. The summed E-state index contributed by atoms with van der Waals surface area (Å²) in [6, 6.07) is 14.5. The van der Waals surface area contributed by atoms with E-state index in [2.05, 4.69) is 36.1 Å². The van der Waals surface area contributed by atoms with Crippen molar-refractivity contribution in [3.8, 4) is 22.6 Å². The van der Waals surface area contributed by atoms with Gasteiger partial charge in [-0.3, -0.25) is 4.68 Å². The molecule has 1 aromatic heterocycles. The quantitative estimate of drug-likeness (QED) is 0.567. The molecule has 0 amide bonds. The van der Waals surface area contributed by atoms with Gasteiger partial charge in [-0.25, -0.2) is 8.42 Å². The molecular weight excluding hydrogens is 422 g/mol. The van der Waals surface area contributed by atoms with E-state index in [1.54, 1.807) is 0 Å².